The van der Waals surface area contributed by atoms with Crippen LogP contribution >= 0.6 is 0 Å². The molecular weight excluding hydrogens is 352 g/mol. The third-order valence-corrected chi connectivity index (χ3v) is 3.89. The van der Waals surface area contributed by atoms with Gasteiger partial charge in [0.2, 0.25) is 11.8 Å². The van der Waals surface area contributed by atoms with E-state index in [2.05, 4.69) is 10.6 Å². The van der Waals surface area contributed by atoms with Crippen LogP contribution in [-0.2, 0) is 28.6 Å². The lowest BCUT2D eigenvalue weighted by molar-refractivity contribution is -0.127. The molecule has 0 aliphatic heterocycles. The predicted molar refractivity (Wildman–Crippen MR) is 102 cm³/mol. The highest BCUT2D eigenvalue weighted by Crippen LogP contribution is 2.01. The van der Waals surface area contributed by atoms with Crippen molar-refractivity contribution in [2.24, 2.45) is 11.8 Å². The molecule has 158 valence electrons. The Kier molecular flexibility index (Phi) is 15.7. The number of ketones is 1. The molecule has 1 atom stereocenters. The fourth-order valence-corrected chi connectivity index (χ4v) is 1.83. The van der Waals surface area contributed by atoms with E-state index in [1.807, 2.05) is 27.7 Å². The van der Waals surface area contributed by atoms with Crippen LogP contribution in [0, 0.1) is 11.8 Å². The van der Waals surface area contributed by atoms with Crippen LogP contribution < -0.4 is 10.6 Å². The maximum atomic E-state index is 11.6. The lowest BCUT2D eigenvalue weighted by Crippen LogP contribution is -2.31. The molecule has 0 saturated heterocycles. The molecule has 0 aromatic carbocycles. The van der Waals surface area contributed by atoms with E-state index in [1.54, 1.807) is 0 Å². The van der Waals surface area contributed by atoms with Crippen molar-refractivity contribution in [2.45, 2.75) is 40.5 Å². The number of ether oxygens (including phenoxy) is 3. The Balaban J connectivity index is 3.37. The first-order valence-electron chi connectivity index (χ1n) is 9.68. The fraction of sp³-hybridized carbons (Fsp3) is 0.842. The van der Waals surface area contributed by atoms with Gasteiger partial charge in [0.1, 0.15) is 6.61 Å². The van der Waals surface area contributed by atoms with E-state index < -0.39 is 0 Å². The molecule has 0 bridgehead atoms. The van der Waals surface area contributed by atoms with Gasteiger partial charge in [-0.2, -0.15) is 0 Å². The monoisotopic (exact) mass is 388 g/mol. The van der Waals surface area contributed by atoms with Crippen molar-refractivity contribution in [3.8, 4) is 0 Å². The molecule has 0 aromatic rings. The molecular formula is C19H36N2O6. The van der Waals surface area contributed by atoms with Crippen molar-refractivity contribution in [2.75, 3.05) is 52.7 Å². The molecule has 0 spiro atoms. The first-order chi connectivity index (χ1) is 12.9. The summed E-state index contributed by atoms with van der Waals surface area (Å²) >= 11 is 0. The van der Waals surface area contributed by atoms with Crippen molar-refractivity contribution < 1.29 is 28.6 Å². The fourth-order valence-electron chi connectivity index (χ4n) is 1.83. The highest BCUT2D eigenvalue weighted by Gasteiger charge is 2.10. The molecule has 0 aliphatic carbocycles. The Morgan fingerprint density at radius 1 is 0.815 bits per heavy atom. The summed E-state index contributed by atoms with van der Waals surface area (Å²) in [5.74, 6) is -0.0444. The minimum absolute atomic E-state index is 0.00776. The minimum atomic E-state index is -0.121. The van der Waals surface area contributed by atoms with Crippen LogP contribution in [0.2, 0.25) is 0 Å². The van der Waals surface area contributed by atoms with Crippen molar-refractivity contribution in [3.63, 3.8) is 0 Å². The summed E-state index contributed by atoms with van der Waals surface area (Å²) in [6, 6.07) is 0. The standard InChI is InChI=1S/C19H36N2O6/c1-5-16(4)17(22)14-27-11-7-20-18(23)6-9-25-12-13-26-10-8-21-19(24)15(2)3/h15-16H,5-14H2,1-4H3,(H,20,23)(H,21,24). The summed E-state index contributed by atoms with van der Waals surface area (Å²) in [7, 11) is 0. The summed E-state index contributed by atoms with van der Waals surface area (Å²) in [6.07, 6.45) is 1.06. The minimum Gasteiger partial charge on any atom is -0.379 e. The zero-order valence-corrected chi connectivity index (χ0v) is 17.2. The van der Waals surface area contributed by atoms with E-state index in [0.29, 0.717) is 46.1 Å². The number of rotatable bonds is 17. The van der Waals surface area contributed by atoms with Crippen LogP contribution in [0.1, 0.15) is 40.5 Å². The molecule has 8 nitrogen and oxygen atoms in total. The molecule has 0 fully saturated rings. The largest absolute Gasteiger partial charge is 0.379 e. The average Bonchev–Trinajstić information content (AvgIpc) is 2.65. The zero-order chi connectivity index (χ0) is 20.5. The average molecular weight is 389 g/mol. The Morgan fingerprint density at radius 2 is 1.41 bits per heavy atom. The van der Waals surface area contributed by atoms with Gasteiger partial charge in [0.15, 0.2) is 5.78 Å². The molecule has 0 heterocycles. The highest BCUT2D eigenvalue weighted by molar-refractivity contribution is 5.81. The molecule has 27 heavy (non-hydrogen) atoms. The number of carbonyl (C=O) groups is 3. The summed E-state index contributed by atoms with van der Waals surface area (Å²) in [5.41, 5.74) is 0. The molecule has 1 unspecified atom stereocenters. The molecule has 2 N–H and O–H groups in total. The Bertz CT molecular complexity index is 428. The van der Waals surface area contributed by atoms with Gasteiger partial charge in [-0.1, -0.05) is 27.7 Å². The van der Waals surface area contributed by atoms with E-state index in [-0.39, 0.29) is 42.5 Å². The topological polar surface area (TPSA) is 103 Å². The molecule has 0 radical (unpaired) electrons. The number of nitrogens with one attached hydrogen (secondary N) is 2. The van der Waals surface area contributed by atoms with Gasteiger partial charge in [0, 0.05) is 31.3 Å². The SMILES string of the molecule is CCC(C)C(=O)COCCNC(=O)CCOCCOCCNC(=O)C(C)C. The number of Topliss-reactive ketones (excluding diaryl/α,β-unsaturated/α-hetero) is 1. The second-order valence-corrected chi connectivity index (χ2v) is 6.60. The van der Waals surface area contributed by atoms with Crippen molar-refractivity contribution in [1.82, 2.24) is 10.6 Å². The Morgan fingerprint density at radius 3 is 2.04 bits per heavy atom. The first-order valence-corrected chi connectivity index (χ1v) is 9.68. The molecule has 0 rings (SSSR count). The lowest BCUT2D eigenvalue weighted by Gasteiger charge is -2.09. The van der Waals surface area contributed by atoms with E-state index in [0.717, 1.165) is 6.42 Å². The van der Waals surface area contributed by atoms with Gasteiger partial charge >= 0.3 is 0 Å². The summed E-state index contributed by atoms with van der Waals surface area (Å²) < 4.78 is 15.9. The Labute approximate surface area is 162 Å². The van der Waals surface area contributed by atoms with E-state index in [4.69, 9.17) is 14.2 Å². The quantitative estimate of drug-likeness (QED) is 0.359. The third kappa shape index (κ3) is 15.3. The number of hydrogen-bond acceptors (Lipinski definition) is 6. The number of hydrogen-bond donors (Lipinski definition) is 2. The van der Waals surface area contributed by atoms with Crippen LogP contribution in [0.3, 0.4) is 0 Å². The van der Waals surface area contributed by atoms with Gasteiger partial charge in [-0.15, -0.1) is 0 Å². The maximum Gasteiger partial charge on any atom is 0.222 e. The Hall–Kier alpha value is -1.51. The van der Waals surface area contributed by atoms with Crippen molar-refractivity contribution in [3.05, 3.63) is 0 Å². The molecule has 2 amide bonds. The summed E-state index contributed by atoms with van der Waals surface area (Å²) in [6.45, 7) is 10.3. The van der Waals surface area contributed by atoms with Gasteiger partial charge in [-0.3, -0.25) is 14.4 Å². The van der Waals surface area contributed by atoms with Crippen LogP contribution in [0.4, 0.5) is 0 Å². The van der Waals surface area contributed by atoms with Crippen molar-refractivity contribution in [1.29, 1.82) is 0 Å². The van der Waals surface area contributed by atoms with Crippen LogP contribution in [0.15, 0.2) is 0 Å². The molecule has 0 aromatic heterocycles. The zero-order valence-electron chi connectivity index (χ0n) is 17.2. The van der Waals surface area contributed by atoms with Crippen LogP contribution in [0.5, 0.6) is 0 Å². The third-order valence-electron chi connectivity index (χ3n) is 3.89. The highest BCUT2D eigenvalue weighted by atomic mass is 16.5. The maximum absolute atomic E-state index is 11.6. The van der Waals surface area contributed by atoms with E-state index in [9.17, 15) is 14.4 Å². The van der Waals surface area contributed by atoms with Gasteiger partial charge in [0.25, 0.3) is 0 Å². The molecule has 0 saturated carbocycles. The smallest absolute Gasteiger partial charge is 0.222 e. The first kappa shape index (κ1) is 25.5. The molecule has 8 heteroatoms. The number of amides is 2. The molecule has 0 aliphatic rings. The van der Waals surface area contributed by atoms with Gasteiger partial charge < -0.3 is 24.8 Å². The van der Waals surface area contributed by atoms with E-state index in [1.165, 1.54) is 0 Å². The van der Waals surface area contributed by atoms with E-state index >= 15 is 0 Å². The second-order valence-electron chi connectivity index (χ2n) is 6.60. The van der Waals surface area contributed by atoms with Crippen molar-refractivity contribution >= 4 is 17.6 Å². The number of carbonyl (C=O) groups excluding carboxylic acids is 3. The summed E-state index contributed by atoms with van der Waals surface area (Å²) in [5, 5.41) is 5.47. The van der Waals surface area contributed by atoms with Gasteiger partial charge in [-0.25, -0.2) is 0 Å². The normalized spacial score (nSPS) is 12.0. The predicted octanol–water partition coefficient (Wildman–Crippen LogP) is 0.930. The van der Waals surface area contributed by atoms with Gasteiger partial charge in [0.05, 0.1) is 33.0 Å². The van der Waals surface area contributed by atoms with Gasteiger partial charge in [-0.05, 0) is 6.42 Å². The van der Waals surface area contributed by atoms with Crippen LogP contribution in [0.25, 0.3) is 0 Å². The van der Waals surface area contributed by atoms with Crippen LogP contribution in [-0.4, -0.2) is 70.3 Å². The summed E-state index contributed by atoms with van der Waals surface area (Å²) in [4.78, 5) is 34.5. The lowest BCUT2D eigenvalue weighted by atomic mass is 10.1. The second kappa shape index (κ2) is 16.6.